The zero-order valence-electron chi connectivity index (χ0n) is 9.57. The van der Waals surface area contributed by atoms with E-state index in [1.54, 1.807) is 13.0 Å². The number of hydrogen-bond acceptors (Lipinski definition) is 3. The van der Waals surface area contributed by atoms with E-state index in [0.717, 1.165) is 0 Å². The third-order valence-corrected chi connectivity index (χ3v) is 2.58. The van der Waals surface area contributed by atoms with E-state index >= 15 is 0 Å². The highest BCUT2D eigenvalue weighted by atomic mass is 79.9. The van der Waals surface area contributed by atoms with Gasteiger partial charge in [0, 0.05) is 5.56 Å². The fourth-order valence-corrected chi connectivity index (χ4v) is 1.63. The van der Waals surface area contributed by atoms with E-state index in [0.29, 0.717) is 12.4 Å². The first-order valence-corrected chi connectivity index (χ1v) is 6.07. The highest BCUT2D eigenvalue weighted by Crippen LogP contribution is 2.21. The van der Waals surface area contributed by atoms with Gasteiger partial charge in [0.2, 0.25) is 0 Å². The second-order valence-corrected chi connectivity index (χ2v) is 4.80. The number of ketones is 1. The number of rotatable bonds is 5. The van der Waals surface area contributed by atoms with Crippen LogP contribution in [0.1, 0.15) is 34.6 Å². The predicted molar refractivity (Wildman–Crippen MR) is 67.3 cm³/mol. The average Bonchev–Trinajstić information content (AvgIpc) is 2.28. The zero-order chi connectivity index (χ0) is 13.0. The van der Waals surface area contributed by atoms with Crippen LogP contribution in [-0.4, -0.2) is 28.3 Å². The van der Waals surface area contributed by atoms with Crippen molar-refractivity contribution in [1.82, 2.24) is 0 Å². The van der Waals surface area contributed by atoms with Crippen molar-refractivity contribution in [3.8, 4) is 5.75 Å². The molecule has 0 saturated heterocycles. The second-order valence-electron chi connectivity index (χ2n) is 3.43. The lowest BCUT2D eigenvalue weighted by Crippen LogP contribution is -2.15. The molecule has 1 aromatic carbocycles. The SMILES string of the molecule is CCOc1ccc(C(=O)O)c(C(=O)C(C)Br)c1. The van der Waals surface area contributed by atoms with Crippen LogP contribution in [0.25, 0.3) is 0 Å². The van der Waals surface area contributed by atoms with Gasteiger partial charge in [-0.05, 0) is 32.0 Å². The van der Waals surface area contributed by atoms with Crippen molar-refractivity contribution in [2.75, 3.05) is 6.61 Å². The lowest BCUT2D eigenvalue weighted by atomic mass is 10.0. The standard InChI is InChI=1S/C12H13BrO4/c1-3-17-8-4-5-9(12(15)16)10(6-8)11(14)7(2)13/h4-7H,3H2,1-2H3,(H,15,16). The lowest BCUT2D eigenvalue weighted by molar-refractivity contribution is 0.0692. The molecule has 0 aromatic heterocycles. The Labute approximate surface area is 108 Å². The first-order chi connectivity index (χ1) is 7.97. The van der Waals surface area contributed by atoms with E-state index in [-0.39, 0.29) is 16.9 Å². The van der Waals surface area contributed by atoms with E-state index in [1.165, 1.54) is 12.1 Å². The number of ether oxygens (including phenoxy) is 1. The third-order valence-electron chi connectivity index (χ3n) is 2.16. The Bertz CT molecular complexity index is 440. The van der Waals surface area contributed by atoms with Gasteiger partial charge in [0.15, 0.2) is 5.78 Å². The summed E-state index contributed by atoms with van der Waals surface area (Å²) < 4.78 is 5.25. The number of benzene rings is 1. The van der Waals surface area contributed by atoms with Crippen molar-refractivity contribution in [2.24, 2.45) is 0 Å². The maximum atomic E-state index is 11.9. The monoisotopic (exact) mass is 300 g/mol. The number of Topliss-reactive ketones (excluding diaryl/α,β-unsaturated/α-hetero) is 1. The van der Waals surface area contributed by atoms with Crippen molar-refractivity contribution in [3.63, 3.8) is 0 Å². The molecule has 17 heavy (non-hydrogen) atoms. The minimum Gasteiger partial charge on any atom is -0.494 e. The largest absolute Gasteiger partial charge is 0.494 e. The number of hydrogen-bond donors (Lipinski definition) is 1. The second kappa shape index (κ2) is 5.82. The predicted octanol–water partition coefficient (Wildman–Crippen LogP) is 2.75. The summed E-state index contributed by atoms with van der Waals surface area (Å²) >= 11 is 3.14. The van der Waals surface area contributed by atoms with Gasteiger partial charge in [-0.3, -0.25) is 4.79 Å². The molecule has 4 nitrogen and oxygen atoms in total. The summed E-state index contributed by atoms with van der Waals surface area (Å²) in [5.41, 5.74) is 0.151. The molecule has 1 atom stereocenters. The van der Waals surface area contributed by atoms with Gasteiger partial charge in [-0.15, -0.1) is 0 Å². The topological polar surface area (TPSA) is 63.6 Å². The molecule has 0 spiro atoms. The Hall–Kier alpha value is -1.36. The fourth-order valence-electron chi connectivity index (χ4n) is 1.38. The maximum absolute atomic E-state index is 11.9. The summed E-state index contributed by atoms with van der Waals surface area (Å²) in [6.45, 7) is 3.94. The molecule has 92 valence electrons. The first kappa shape index (κ1) is 13.7. The number of carboxylic acid groups (broad SMARTS) is 1. The summed E-state index contributed by atoms with van der Waals surface area (Å²) in [6.07, 6.45) is 0. The Kier molecular flexibility index (Phi) is 4.69. The molecule has 0 aliphatic carbocycles. The zero-order valence-corrected chi connectivity index (χ0v) is 11.2. The van der Waals surface area contributed by atoms with Crippen LogP contribution in [0.4, 0.5) is 0 Å². The highest BCUT2D eigenvalue weighted by Gasteiger charge is 2.20. The molecule has 0 amide bonds. The van der Waals surface area contributed by atoms with Crippen LogP contribution in [0.15, 0.2) is 18.2 Å². The molecule has 0 radical (unpaired) electrons. The summed E-state index contributed by atoms with van der Waals surface area (Å²) in [5.74, 6) is -0.900. The molecular formula is C12H13BrO4. The van der Waals surface area contributed by atoms with Gasteiger partial charge >= 0.3 is 5.97 Å². The van der Waals surface area contributed by atoms with Crippen molar-refractivity contribution < 1.29 is 19.4 Å². The van der Waals surface area contributed by atoms with E-state index in [9.17, 15) is 9.59 Å². The quantitative estimate of drug-likeness (QED) is 0.671. The highest BCUT2D eigenvalue weighted by molar-refractivity contribution is 9.10. The lowest BCUT2D eigenvalue weighted by Gasteiger charge is -2.09. The van der Waals surface area contributed by atoms with Gasteiger partial charge in [-0.2, -0.15) is 0 Å². The Morgan fingerprint density at radius 3 is 2.53 bits per heavy atom. The molecule has 0 heterocycles. The molecule has 1 unspecified atom stereocenters. The van der Waals surface area contributed by atoms with E-state index in [4.69, 9.17) is 9.84 Å². The molecular weight excluding hydrogens is 288 g/mol. The van der Waals surface area contributed by atoms with Gasteiger partial charge in [0.05, 0.1) is 17.0 Å². The summed E-state index contributed by atoms with van der Waals surface area (Å²) in [6, 6.07) is 4.39. The van der Waals surface area contributed by atoms with E-state index in [1.807, 2.05) is 6.92 Å². The normalized spacial score (nSPS) is 11.9. The number of halogens is 1. The van der Waals surface area contributed by atoms with Crippen LogP contribution in [0.2, 0.25) is 0 Å². The maximum Gasteiger partial charge on any atom is 0.336 e. The minimum atomic E-state index is -1.12. The van der Waals surface area contributed by atoms with Crippen molar-refractivity contribution in [1.29, 1.82) is 0 Å². The van der Waals surface area contributed by atoms with Gasteiger partial charge in [-0.25, -0.2) is 4.79 Å². The summed E-state index contributed by atoms with van der Waals surface area (Å²) in [7, 11) is 0. The molecule has 5 heteroatoms. The third kappa shape index (κ3) is 3.30. The number of alkyl halides is 1. The minimum absolute atomic E-state index is 0.00949. The van der Waals surface area contributed by atoms with Gasteiger partial charge < -0.3 is 9.84 Å². The number of carboxylic acids is 1. The number of carbonyl (C=O) groups excluding carboxylic acids is 1. The van der Waals surface area contributed by atoms with E-state index < -0.39 is 10.8 Å². The van der Waals surface area contributed by atoms with Gasteiger partial charge in [0.25, 0.3) is 0 Å². The van der Waals surface area contributed by atoms with Crippen LogP contribution in [0.3, 0.4) is 0 Å². The summed E-state index contributed by atoms with van der Waals surface area (Å²) in [4.78, 5) is 22.4. The van der Waals surface area contributed by atoms with Crippen molar-refractivity contribution in [3.05, 3.63) is 29.3 Å². The fraction of sp³-hybridized carbons (Fsp3) is 0.333. The first-order valence-electron chi connectivity index (χ1n) is 5.15. The molecule has 0 fully saturated rings. The molecule has 0 bridgehead atoms. The summed E-state index contributed by atoms with van der Waals surface area (Å²) in [5, 5.41) is 9.01. The molecule has 1 rings (SSSR count). The molecule has 1 N–H and O–H groups in total. The van der Waals surface area contributed by atoms with Gasteiger partial charge in [0.1, 0.15) is 5.75 Å². The van der Waals surface area contributed by atoms with Crippen LogP contribution >= 0.6 is 15.9 Å². The smallest absolute Gasteiger partial charge is 0.336 e. The van der Waals surface area contributed by atoms with E-state index in [2.05, 4.69) is 15.9 Å². The van der Waals surface area contributed by atoms with Crippen LogP contribution in [-0.2, 0) is 0 Å². The Morgan fingerprint density at radius 1 is 1.41 bits per heavy atom. The Balaban J connectivity index is 3.25. The van der Waals surface area contributed by atoms with Gasteiger partial charge in [-0.1, -0.05) is 15.9 Å². The molecule has 1 aromatic rings. The van der Waals surface area contributed by atoms with Crippen LogP contribution in [0, 0.1) is 0 Å². The molecule has 0 aliphatic heterocycles. The molecule has 0 saturated carbocycles. The van der Waals surface area contributed by atoms with Crippen LogP contribution in [0.5, 0.6) is 5.75 Å². The number of aromatic carboxylic acids is 1. The van der Waals surface area contributed by atoms with Crippen LogP contribution < -0.4 is 4.74 Å². The Morgan fingerprint density at radius 2 is 2.06 bits per heavy atom. The number of carbonyl (C=O) groups is 2. The average molecular weight is 301 g/mol. The van der Waals surface area contributed by atoms with Crippen molar-refractivity contribution >= 4 is 27.7 Å². The molecule has 0 aliphatic rings. The van der Waals surface area contributed by atoms with Crippen molar-refractivity contribution in [2.45, 2.75) is 18.7 Å².